The van der Waals surface area contributed by atoms with Crippen LogP contribution in [0.1, 0.15) is 0 Å². The van der Waals surface area contributed by atoms with Gasteiger partial charge in [-0.2, -0.15) is 0 Å². The van der Waals surface area contributed by atoms with Crippen molar-refractivity contribution in [3.8, 4) is 39.6 Å². The summed E-state index contributed by atoms with van der Waals surface area (Å²) in [6.45, 7) is 0. The van der Waals surface area contributed by atoms with E-state index in [4.69, 9.17) is 9.97 Å². The number of aromatic amines is 1. The topological polar surface area (TPSA) is 63.6 Å². The van der Waals surface area contributed by atoms with Gasteiger partial charge in [-0.15, -0.1) is 0 Å². The van der Waals surface area contributed by atoms with E-state index in [1.54, 1.807) is 0 Å². The van der Waals surface area contributed by atoms with Crippen LogP contribution in [0.3, 0.4) is 0 Å². The van der Waals surface area contributed by atoms with E-state index < -0.39 is 0 Å². The molecule has 0 amide bonds. The molecule has 5 heteroatoms. The Morgan fingerprint density at radius 1 is 0.435 bits per heavy atom. The summed E-state index contributed by atoms with van der Waals surface area (Å²) >= 11 is 0. The van der Waals surface area contributed by atoms with Gasteiger partial charge in [0.2, 0.25) is 5.95 Å². The first-order valence-electron chi connectivity index (χ1n) is 15.3. The predicted molar refractivity (Wildman–Crippen MR) is 188 cm³/mol. The molecule has 6 aromatic carbocycles. The summed E-state index contributed by atoms with van der Waals surface area (Å²) in [5.74, 6) is 0.614. The first-order chi connectivity index (χ1) is 22.7. The number of H-pyrrole nitrogens is 1. The third-order valence-electron chi connectivity index (χ3n) is 8.76. The molecule has 9 aromatic rings. The lowest BCUT2D eigenvalue weighted by Crippen LogP contribution is -2.04. The lowest BCUT2D eigenvalue weighted by atomic mass is 10.00. The molecule has 3 aromatic heterocycles. The minimum Gasteiger partial charge on any atom is -0.354 e. The summed E-state index contributed by atoms with van der Waals surface area (Å²) in [5.41, 5.74) is 9.56. The maximum Gasteiger partial charge on any atom is 0.235 e. The van der Waals surface area contributed by atoms with Gasteiger partial charge in [-0.1, -0.05) is 103 Å². The van der Waals surface area contributed by atoms with Crippen molar-refractivity contribution in [1.29, 1.82) is 0 Å². The molecule has 0 aliphatic heterocycles. The molecule has 0 spiro atoms. The highest BCUT2D eigenvalue weighted by molar-refractivity contribution is 6.10. The zero-order chi connectivity index (χ0) is 30.6. The van der Waals surface area contributed by atoms with Crippen molar-refractivity contribution >= 4 is 43.6 Å². The average molecular weight is 591 g/mol. The minimum atomic E-state index is 0.0357. The zero-order valence-corrected chi connectivity index (χ0v) is 24.7. The van der Waals surface area contributed by atoms with E-state index in [0.717, 1.165) is 66.5 Å². The standard InChI is InChI=1S/C41H26N4O/c46-40-31-16-7-9-17-34(31)42-35-21-19-28(24-33(35)40)29-20-22-39-32(23-29)30-15-8-10-18-38(30)45(39)41-43-36(26-11-3-1-4-12-26)25-37(44-41)27-13-5-2-6-14-27/h1-25H,(H,42,46). The molecule has 0 aliphatic carbocycles. The Morgan fingerprint density at radius 3 is 1.70 bits per heavy atom. The first-order valence-corrected chi connectivity index (χ1v) is 15.3. The van der Waals surface area contributed by atoms with Crippen LogP contribution >= 0.6 is 0 Å². The Bertz CT molecular complexity index is 2600. The number of hydrogen-bond acceptors (Lipinski definition) is 3. The average Bonchev–Trinajstić information content (AvgIpc) is 3.46. The van der Waals surface area contributed by atoms with Gasteiger partial charge in [0, 0.05) is 43.7 Å². The molecule has 9 rings (SSSR count). The fourth-order valence-corrected chi connectivity index (χ4v) is 6.52. The van der Waals surface area contributed by atoms with Gasteiger partial charge in [0.1, 0.15) is 0 Å². The van der Waals surface area contributed by atoms with Crippen molar-refractivity contribution in [2.45, 2.75) is 0 Å². The quantitative estimate of drug-likeness (QED) is 0.208. The fraction of sp³-hybridized carbons (Fsp3) is 0. The lowest BCUT2D eigenvalue weighted by molar-refractivity contribution is 0.995. The Balaban J connectivity index is 1.26. The highest BCUT2D eigenvalue weighted by atomic mass is 16.1. The molecule has 0 bridgehead atoms. The smallest absolute Gasteiger partial charge is 0.235 e. The van der Waals surface area contributed by atoms with Crippen molar-refractivity contribution in [3.05, 3.63) is 162 Å². The molecule has 216 valence electrons. The van der Waals surface area contributed by atoms with Crippen LogP contribution in [-0.4, -0.2) is 19.5 Å². The molecule has 5 nitrogen and oxygen atoms in total. The number of nitrogens with zero attached hydrogens (tertiary/aromatic N) is 3. The van der Waals surface area contributed by atoms with Crippen LogP contribution in [0.5, 0.6) is 0 Å². The zero-order valence-electron chi connectivity index (χ0n) is 24.7. The van der Waals surface area contributed by atoms with E-state index >= 15 is 0 Å². The second-order valence-corrected chi connectivity index (χ2v) is 11.5. The molecule has 0 atom stereocenters. The van der Waals surface area contributed by atoms with Gasteiger partial charge >= 0.3 is 0 Å². The second-order valence-electron chi connectivity index (χ2n) is 11.5. The van der Waals surface area contributed by atoms with Crippen LogP contribution < -0.4 is 5.43 Å². The molecular formula is C41H26N4O. The molecule has 0 radical (unpaired) electrons. The fourth-order valence-electron chi connectivity index (χ4n) is 6.52. The van der Waals surface area contributed by atoms with E-state index in [1.807, 2.05) is 72.8 Å². The Hall–Kier alpha value is -6.33. The molecule has 0 fully saturated rings. The number of benzene rings is 6. The van der Waals surface area contributed by atoms with Gasteiger partial charge in [0.15, 0.2) is 5.43 Å². The monoisotopic (exact) mass is 590 g/mol. The number of para-hydroxylation sites is 2. The van der Waals surface area contributed by atoms with Crippen molar-refractivity contribution in [1.82, 2.24) is 19.5 Å². The highest BCUT2D eigenvalue weighted by Crippen LogP contribution is 2.36. The molecule has 46 heavy (non-hydrogen) atoms. The highest BCUT2D eigenvalue weighted by Gasteiger charge is 2.18. The SMILES string of the molecule is O=c1c2ccccc2[nH]c2ccc(-c3ccc4c(c3)c3ccccc3n4-c3nc(-c4ccccc4)cc(-c4ccccc4)n3)cc12. The lowest BCUT2D eigenvalue weighted by Gasteiger charge is -2.12. The summed E-state index contributed by atoms with van der Waals surface area (Å²) in [4.78, 5) is 27.1. The van der Waals surface area contributed by atoms with Gasteiger partial charge in [0.25, 0.3) is 0 Å². The van der Waals surface area contributed by atoms with Crippen LogP contribution in [0.15, 0.2) is 156 Å². The maximum atomic E-state index is 13.4. The Labute approximate surface area is 264 Å². The van der Waals surface area contributed by atoms with Crippen molar-refractivity contribution in [2.24, 2.45) is 0 Å². The molecule has 1 N–H and O–H groups in total. The van der Waals surface area contributed by atoms with E-state index in [9.17, 15) is 4.79 Å². The number of aromatic nitrogens is 4. The molecular weight excluding hydrogens is 564 g/mol. The molecule has 0 saturated heterocycles. The Morgan fingerprint density at radius 2 is 0.978 bits per heavy atom. The second kappa shape index (κ2) is 10.4. The van der Waals surface area contributed by atoms with Crippen LogP contribution in [-0.2, 0) is 0 Å². The van der Waals surface area contributed by atoms with Crippen molar-refractivity contribution in [3.63, 3.8) is 0 Å². The van der Waals surface area contributed by atoms with E-state index in [1.165, 1.54) is 0 Å². The number of rotatable bonds is 4. The minimum absolute atomic E-state index is 0.0357. The third-order valence-corrected chi connectivity index (χ3v) is 8.76. The normalized spacial score (nSPS) is 11.6. The van der Waals surface area contributed by atoms with Gasteiger partial charge in [-0.05, 0) is 59.7 Å². The molecule has 0 saturated carbocycles. The van der Waals surface area contributed by atoms with Crippen molar-refractivity contribution < 1.29 is 0 Å². The van der Waals surface area contributed by atoms with E-state index in [0.29, 0.717) is 16.7 Å². The number of nitrogens with one attached hydrogen (secondary N) is 1. The third kappa shape index (κ3) is 4.21. The van der Waals surface area contributed by atoms with Crippen molar-refractivity contribution in [2.75, 3.05) is 0 Å². The molecule has 0 unspecified atom stereocenters. The molecule has 0 aliphatic rings. The number of hydrogen-bond donors (Lipinski definition) is 1. The number of fused-ring (bicyclic) bond motifs is 5. The summed E-state index contributed by atoms with van der Waals surface area (Å²) in [5, 5.41) is 3.58. The van der Waals surface area contributed by atoms with Gasteiger partial charge in [-0.25, -0.2) is 9.97 Å². The van der Waals surface area contributed by atoms with Gasteiger partial charge < -0.3 is 4.98 Å². The summed E-state index contributed by atoms with van der Waals surface area (Å²) in [7, 11) is 0. The predicted octanol–water partition coefficient (Wildman–Crippen LogP) is 9.57. The van der Waals surface area contributed by atoms with Gasteiger partial charge in [-0.3, -0.25) is 9.36 Å². The summed E-state index contributed by atoms with van der Waals surface area (Å²) in [6, 6.07) is 51.1. The first kappa shape index (κ1) is 26.1. The van der Waals surface area contributed by atoms with Crippen LogP contribution in [0.25, 0.3) is 83.2 Å². The summed E-state index contributed by atoms with van der Waals surface area (Å²) in [6.07, 6.45) is 0. The largest absolute Gasteiger partial charge is 0.354 e. The van der Waals surface area contributed by atoms with Gasteiger partial charge in [0.05, 0.1) is 22.4 Å². The Kier molecular flexibility index (Phi) is 5.90. The van der Waals surface area contributed by atoms with E-state index in [-0.39, 0.29) is 5.43 Å². The van der Waals surface area contributed by atoms with Crippen LogP contribution in [0.4, 0.5) is 0 Å². The van der Waals surface area contributed by atoms with Crippen LogP contribution in [0, 0.1) is 0 Å². The van der Waals surface area contributed by atoms with Crippen LogP contribution in [0.2, 0.25) is 0 Å². The number of pyridine rings is 1. The summed E-state index contributed by atoms with van der Waals surface area (Å²) < 4.78 is 2.16. The van der Waals surface area contributed by atoms with E-state index in [2.05, 4.69) is 88.4 Å². The molecule has 3 heterocycles. The maximum absolute atomic E-state index is 13.4.